The average molecular weight is 531 g/mol. The number of aliphatic imine (C=N–C) groups is 1. The van der Waals surface area contributed by atoms with Gasteiger partial charge in [-0.15, -0.1) is 34.2 Å². The van der Waals surface area contributed by atoms with Gasteiger partial charge in [0.25, 0.3) is 0 Å². The SMILES string of the molecule is Cc1nnc(CNC(=NCc2ccc(F)cc2)NCCCN2CCOCC2)n1C.I. The number of guanidine groups is 1. The first-order valence-corrected chi connectivity index (χ1v) is 10.0. The van der Waals surface area contributed by atoms with E-state index >= 15 is 0 Å². The zero-order valence-corrected chi connectivity index (χ0v) is 19.9. The Morgan fingerprint density at radius 1 is 1.17 bits per heavy atom. The van der Waals surface area contributed by atoms with E-state index in [0.717, 1.165) is 63.0 Å². The lowest BCUT2D eigenvalue weighted by molar-refractivity contribution is 0.0376. The molecule has 0 saturated carbocycles. The Labute approximate surface area is 194 Å². The second kappa shape index (κ2) is 12.8. The van der Waals surface area contributed by atoms with Crippen LogP contribution in [0.2, 0.25) is 0 Å². The van der Waals surface area contributed by atoms with E-state index < -0.39 is 0 Å². The van der Waals surface area contributed by atoms with Gasteiger partial charge in [0.15, 0.2) is 11.8 Å². The lowest BCUT2D eigenvalue weighted by Crippen LogP contribution is -2.40. The van der Waals surface area contributed by atoms with Crippen LogP contribution in [0.3, 0.4) is 0 Å². The van der Waals surface area contributed by atoms with Crippen LogP contribution in [-0.4, -0.2) is 65.0 Å². The van der Waals surface area contributed by atoms with Crippen molar-refractivity contribution in [1.82, 2.24) is 30.3 Å². The number of aryl methyl sites for hydroxylation is 1. The van der Waals surface area contributed by atoms with Crippen molar-refractivity contribution in [3.63, 3.8) is 0 Å². The van der Waals surface area contributed by atoms with Gasteiger partial charge in [-0.3, -0.25) is 4.90 Å². The Hall–Kier alpha value is -1.79. The first-order valence-electron chi connectivity index (χ1n) is 10.0. The highest BCUT2D eigenvalue weighted by atomic mass is 127. The lowest BCUT2D eigenvalue weighted by atomic mass is 10.2. The number of morpholine rings is 1. The van der Waals surface area contributed by atoms with E-state index in [1.807, 2.05) is 18.5 Å². The summed E-state index contributed by atoms with van der Waals surface area (Å²) in [6, 6.07) is 6.41. The van der Waals surface area contributed by atoms with Gasteiger partial charge in [-0.2, -0.15) is 0 Å². The predicted octanol–water partition coefficient (Wildman–Crippen LogP) is 1.84. The van der Waals surface area contributed by atoms with E-state index in [2.05, 4.69) is 30.7 Å². The maximum atomic E-state index is 13.1. The van der Waals surface area contributed by atoms with Gasteiger partial charge < -0.3 is 19.9 Å². The number of ether oxygens (including phenoxy) is 1. The fourth-order valence-corrected chi connectivity index (χ4v) is 3.04. The number of hydrogen-bond donors (Lipinski definition) is 2. The van der Waals surface area contributed by atoms with Crippen LogP contribution >= 0.6 is 24.0 Å². The molecule has 1 saturated heterocycles. The number of rotatable bonds is 8. The van der Waals surface area contributed by atoms with Gasteiger partial charge >= 0.3 is 0 Å². The Morgan fingerprint density at radius 3 is 2.57 bits per heavy atom. The molecule has 0 bridgehead atoms. The number of hydrogen-bond acceptors (Lipinski definition) is 5. The summed E-state index contributed by atoms with van der Waals surface area (Å²) in [6.07, 6.45) is 1.01. The third-order valence-corrected chi connectivity index (χ3v) is 4.98. The summed E-state index contributed by atoms with van der Waals surface area (Å²) < 4.78 is 20.4. The van der Waals surface area contributed by atoms with Crippen LogP contribution in [0.15, 0.2) is 29.3 Å². The highest BCUT2D eigenvalue weighted by molar-refractivity contribution is 14.0. The van der Waals surface area contributed by atoms with Crippen molar-refractivity contribution in [3.05, 3.63) is 47.3 Å². The number of nitrogens with one attached hydrogen (secondary N) is 2. The molecule has 1 aromatic heterocycles. The molecule has 1 aliphatic rings. The topological polar surface area (TPSA) is 79.6 Å². The van der Waals surface area contributed by atoms with E-state index in [4.69, 9.17) is 4.74 Å². The van der Waals surface area contributed by atoms with Gasteiger partial charge in [0.2, 0.25) is 0 Å². The van der Waals surface area contributed by atoms with E-state index in [1.165, 1.54) is 12.1 Å². The summed E-state index contributed by atoms with van der Waals surface area (Å²) in [5.74, 6) is 2.17. The quantitative estimate of drug-likeness (QED) is 0.234. The minimum absolute atomic E-state index is 0. The van der Waals surface area contributed by atoms with Crippen LogP contribution in [0.4, 0.5) is 4.39 Å². The van der Waals surface area contributed by atoms with E-state index in [9.17, 15) is 4.39 Å². The normalized spacial score (nSPS) is 15.0. The Balaban J connectivity index is 0.00000320. The highest BCUT2D eigenvalue weighted by Crippen LogP contribution is 2.04. The second-order valence-electron chi connectivity index (χ2n) is 7.10. The molecule has 10 heteroatoms. The summed E-state index contributed by atoms with van der Waals surface area (Å²) in [5.41, 5.74) is 0.954. The number of aromatic nitrogens is 3. The Bertz CT molecular complexity index is 791. The smallest absolute Gasteiger partial charge is 0.191 e. The van der Waals surface area contributed by atoms with E-state index in [1.54, 1.807) is 12.1 Å². The largest absolute Gasteiger partial charge is 0.379 e. The molecule has 3 rings (SSSR count). The van der Waals surface area contributed by atoms with Gasteiger partial charge in [0.05, 0.1) is 26.3 Å². The molecule has 30 heavy (non-hydrogen) atoms. The number of benzene rings is 1. The number of nitrogens with zero attached hydrogens (tertiary/aromatic N) is 5. The zero-order valence-electron chi connectivity index (χ0n) is 17.6. The summed E-state index contributed by atoms with van der Waals surface area (Å²) in [7, 11) is 1.94. The van der Waals surface area contributed by atoms with Gasteiger partial charge in [0.1, 0.15) is 11.6 Å². The minimum Gasteiger partial charge on any atom is -0.379 e. The molecule has 1 fully saturated rings. The van der Waals surface area contributed by atoms with Crippen LogP contribution in [0.25, 0.3) is 0 Å². The molecule has 2 N–H and O–H groups in total. The van der Waals surface area contributed by atoms with Crippen molar-refractivity contribution in [2.75, 3.05) is 39.4 Å². The van der Waals surface area contributed by atoms with Crippen LogP contribution in [0.5, 0.6) is 0 Å². The van der Waals surface area contributed by atoms with Crippen molar-refractivity contribution in [3.8, 4) is 0 Å². The van der Waals surface area contributed by atoms with Gasteiger partial charge in [-0.25, -0.2) is 9.38 Å². The van der Waals surface area contributed by atoms with Gasteiger partial charge in [-0.05, 0) is 37.6 Å². The van der Waals surface area contributed by atoms with Crippen molar-refractivity contribution in [2.24, 2.45) is 12.0 Å². The van der Waals surface area contributed by atoms with Gasteiger partial charge in [0, 0.05) is 26.7 Å². The van der Waals surface area contributed by atoms with Crippen molar-refractivity contribution in [1.29, 1.82) is 0 Å². The fraction of sp³-hybridized carbons (Fsp3) is 0.550. The molecule has 0 spiro atoms. The molecule has 0 amide bonds. The van der Waals surface area contributed by atoms with Crippen LogP contribution < -0.4 is 10.6 Å². The Morgan fingerprint density at radius 2 is 1.90 bits per heavy atom. The average Bonchev–Trinajstić information content (AvgIpc) is 3.06. The molecule has 1 aliphatic heterocycles. The van der Waals surface area contributed by atoms with Crippen molar-refractivity contribution >= 4 is 29.9 Å². The third-order valence-electron chi connectivity index (χ3n) is 4.98. The van der Waals surface area contributed by atoms with Crippen molar-refractivity contribution in [2.45, 2.75) is 26.4 Å². The van der Waals surface area contributed by atoms with Crippen LogP contribution in [0, 0.1) is 12.7 Å². The molecule has 8 nitrogen and oxygen atoms in total. The maximum absolute atomic E-state index is 13.1. The lowest BCUT2D eigenvalue weighted by Gasteiger charge is -2.26. The van der Waals surface area contributed by atoms with Crippen LogP contribution in [-0.2, 0) is 24.9 Å². The Kier molecular flexibility index (Phi) is 10.4. The van der Waals surface area contributed by atoms with Gasteiger partial charge in [-0.1, -0.05) is 12.1 Å². The molecule has 0 unspecified atom stereocenters. The molecule has 0 atom stereocenters. The molecule has 1 aromatic carbocycles. The molecular formula is C20H31FIN7O. The first-order chi connectivity index (χ1) is 14.1. The zero-order chi connectivity index (χ0) is 20.5. The number of halogens is 2. The second-order valence-corrected chi connectivity index (χ2v) is 7.10. The third kappa shape index (κ3) is 7.80. The standard InChI is InChI=1S/C20H30FN7O.HI/c1-16-25-26-19(27(16)2)15-24-20(23-14-17-4-6-18(21)7-5-17)22-8-3-9-28-10-12-29-13-11-28;/h4-7H,3,8-15H2,1-2H3,(H2,22,23,24);1H. The molecule has 2 aromatic rings. The van der Waals surface area contributed by atoms with E-state index in [-0.39, 0.29) is 29.8 Å². The first kappa shape index (κ1) is 24.5. The molecule has 0 aliphatic carbocycles. The molecule has 166 valence electrons. The summed E-state index contributed by atoms with van der Waals surface area (Å²) in [6.45, 7) is 8.38. The van der Waals surface area contributed by atoms with Crippen molar-refractivity contribution < 1.29 is 9.13 Å². The molecular weight excluding hydrogens is 500 g/mol. The minimum atomic E-state index is -0.241. The fourth-order valence-electron chi connectivity index (χ4n) is 3.04. The van der Waals surface area contributed by atoms with Crippen LogP contribution in [0.1, 0.15) is 23.6 Å². The molecule has 0 radical (unpaired) electrons. The monoisotopic (exact) mass is 531 g/mol. The summed E-state index contributed by atoms with van der Waals surface area (Å²) in [5, 5.41) is 15.0. The van der Waals surface area contributed by atoms with E-state index in [0.29, 0.717) is 19.0 Å². The summed E-state index contributed by atoms with van der Waals surface area (Å²) in [4.78, 5) is 7.05. The predicted molar refractivity (Wildman–Crippen MR) is 125 cm³/mol. The molecule has 2 heterocycles. The maximum Gasteiger partial charge on any atom is 0.191 e. The highest BCUT2D eigenvalue weighted by Gasteiger charge is 2.10. The summed E-state index contributed by atoms with van der Waals surface area (Å²) >= 11 is 0.